The van der Waals surface area contributed by atoms with Gasteiger partial charge in [0.25, 0.3) is 17.7 Å². The lowest BCUT2D eigenvalue weighted by Gasteiger charge is -2.04. The first-order valence-electron chi connectivity index (χ1n) is 9.98. The van der Waals surface area contributed by atoms with Crippen LogP contribution in [0.4, 0.5) is 11.4 Å². The first-order valence-corrected chi connectivity index (χ1v) is 9.98. The summed E-state index contributed by atoms with van der Waals surface area (Å²) in [4.78, 5) is 50.4. The van der Waals surface area contributed by atoms with Crippen LogP contribution in [0.1, 0.15) is 33.8 Å². The van der Waals surface area contributed by atoms with Crippen LogP contribution in [0.15, 0.2) is 47.9 Å². The van der Waals surface area contributed by atoms with E-state index in [1.165, 1.54) is 12.3 Å². The normalized spacial score (nSPS) is 11.8. The molecule has 0 saturated carbocycles. The fraction of sp³-hybridized carbons (Fsp3) is 0.238. The quantitative estimate of drug-likeness (QED) is 0.176. The Labute approximate surface area is 206 Å². The second kappa shape index (κ2) is 13.1. The SMILES string of the molecule is Br.Cn1cc(NC(=O)c2cc(NC(=O)C3=CC(NC=O)=CC3)c[nH]2)cc1C(=O)NCCCN.N. The zero-order chi connectivity index (χ0) is 23.1. The molecule has 0 fully saturated rings. The van der Waals surface area contributed by atoms with Gasteiger partial charge in [-0.2, -0.15) is 0 Å². The molecule has 0 saturated heterocycles. The van der Waals surface area contributed by atoms with E-state index in [0.29, 0.717) is 60.7 Å². The van der Waals surface area contributed by atoms with Crippen LogP contribution >= 0.6 is 17.0 Å². The van der Waals surface area contributed by atoms with Gasteiger partial charge >= 0.3 is 0 Å². The van der Waals surface area contributed by atoms with Crippen LogP contribution in [-0.4, -0.2) is 46.8 Å². The topological polar surface area (TPSA) is 198 Å². The van der Waals surface area contributed by atoms with E-state index in [1.807, 2.05) is 0 Å². The number of aryl methyl sites for hydroxylation is 1. The Morgan fingerprint density at radius 3 is 2.59 bits per heavy atom. The number of carbonyl (C=O) groups excluding carboxylic acids is 4. The van der Waals surface area contributed by atoms with Crippen molar-refractivity contribution in [2.75, 3.05) is 23.7 Å². The van der Waals surface area contributed by atoms with Gasteiger partial charge in [-0.3, -0.25) is 19.2 Å². The number of anilines is 2. The summed E-state index contributed by atoms with van der Waals surface area (Å²) in [5.41, 5.74) is 8.00. The fourth-order valence-corrected chi connectivity index (χ4v) is 3.11. The Bertz CT molecular complexity index is 1100. The highest BCUT2D eigenvalue weighted by Gasteiger charge is 2.17. The number of hydrogen-bond acceptors (Lipinski definition) is 6. The van der Waals surface area contributed by atoms with Crippen molar-refractivity contribution in [3.8, 4) is 0 Å². The van der Waals surface area contributed by atoms with Gasteiger partial charge < -0.3 is 42.7 Å². The predicted octanol–water partition coefficient (Wildman–Crippen LogP) is 1.32. The molecule has 0 unspecified atom stereocenters. The Hall–Kier alpha value is -3.68. The smallest absolute Gasteiger partial charge is 0.272 e. The molecule has 12 nitrogen and oxygen atoms in total. The molecule has 2 heterocycles. The minimum absolute atomic E-state index is 0. The summed E-state index contributed by atoms with van der Waals surface area (Å²) in [6.07, 6.45) is 8.07. The molecular formula is C21H29BrN8O4. The molecule has 2 aromatic rings. The van der Waals surface area contributed by atoms with Gasteiger partial charge in [-0.1, -0.05) is 6.08 Å². The molecule has 0 atom stereocenters. The third-order valence-electron chi connectivity index (χ3n) is 4.74. The average molecular weight is 537 g/mol. The molecule has 0 aromatic carbocycles. The molecule has 1 aliphatic carbocycles. The molecule has 0 bridgehead atoms. The van der Waals surface area contributed by atoms with Gasteiger partial charge in [0.2, 0.25) is 6.41 Å². The van der Waals surface area contributed by atoms with Gasteiger partial charge in [0.05, 0.1) is 11.4 Å². The fourth-order valence-electron chi connectivity index (χ4n) is 3.11. The number of aromatic nitrogens is 2. The Morgan fingerprint density at radius 2 is 1.88 bits per heavy atom. The highest BCUT2D eigenvalue weighted by atomic mass is 79.9. The molecule has 3 rings (SSSR count). The van der Waals surface area contributed by atoms with Crippen LogP contribution in [0.2, 0.25) is 0 Å². The molecule has 34 heavy (non-hydrogen) atoms. The average Bonchev–Trinajstić information content (AvgIpc) is 3.49. The van der Waals surface area contributed by atoms with Crippen molar-refractivity contribution < 1.29 is 19.2 Å². The van der Waals surface area contributed by atoms with Crippen LogP contribution in [0.3, 0.4) is 0 Å². The number of rotatable bonds is 10. The van der Waals surface area contributed by atoms with Gasteiger partial charge in [-0.25, -0.2) is 0 Å². The van der Waals surface area contributed by atoms with Crippen LogP contribution in [0, 0.1) is 0 Å². The van der Waals surface area contributed by atoms with Crippen LogP contribution in [0.25, 0.3) is 0 Å². The van der Waals surface area contributed by atoms with Crippen molar-refractivity contribution in [2.24, 2.45) is 12.8 Å². The third-order valence-corrected chi connectivity index (χ3v) is 4.74. The summed E-state index contributed by atoms with van der Waals surface area (Å²) in [5, 5.41) is 10.7. The number of hydrogen-bond donors (Lipinski definition) is 7. The van der Waals surface area contributed by atoms with Gasteiger partial charge in [0.1, 0.15) is 11.4 Å². The van der Waals surface area contributed by atoms with Crippen molar-refractivity contribution >= 4 is 52.5 Å². The van der Waals surface area contributed by atoms with E-state index in [1.54, 1.807) is 36.0 Å². The van der Waals surface area contributed by atoms with Crippen molar-refractivity contribution in [3.63, 3.8) is 0 Å². The molecule has 1 aliphatic rings. The number of allylic oxidation sites excluding steroid dienone is 2. The minimum Gasteiger partial charge on any atom is -0.355 e. The van der Waals surface area contributed by atoms with Crippen LogP contribution in [-0.2, 0) is 16.6 Å². The predicted molar refractivity (Wildman–Crippen MR) is 134 cm³/mol. The number of amides is 4. The van der Waals surface area contributed by atoms with E-state index in [0.717, 1.165) is 0 Å². The lowest BCUT2D eigenvalue weighted by atomic mass is 10.2. The zero-order valence-electron chi connectivity index (χ0n) is 18.6. The van der Waals surface area contributed by atoms with Gasteiger partial charge in [-0.15, -0.1) is 17.0 Å². The first-order chi connectivity index (χ1) is 15.4. The number of nitrogens with two attached hydrogens (primary N) is 1. The molecule has 0 radical (unpaired) electrons. The van der Waals surface area contributed by atoms with E-state index in [4.69, 9.17) is 5.73 Å². The van der Waals surface area contributed by atoms with Gasteiger partial charge in [0.15, 0.2) is 0 Å². The highest BCUT2D eigenvalue weighted by Crippen LogP contribution is 2.19. The monoisotopic (exact) mass is 536 g/mol. The lowest BCUT2D eigenvalue weighted by Crippen LogP contribution is -2.27. The number of halogens is 1. The summed E-state index contributed by atoms with van der Waals surface area (Å²) >= 11 is 0. The number of aromatic amines is 1. The zero-order valence-corrected chi connectivity index (χ0v) is 20.4. The number of nitrogens with one attached hydrogen (secondary N) is 5. The largest absolute Gasteiger partial charge is 0.355 e. The Balaban J connectivity index is 0.00000289. The van der Waals surface area contributed by atoms with E-state index in [9.17, 15) is 19.2 Å². The summed E-state index contributed by atoms with van der Waals surface area (Å²) in [5.74, 6) is -1.01. The van der Waals surface area contributed by atoms with Crippen LogP contribution < -0.4 is 33.2 Å². The summed E-state index contributed by atoms with van der Waals surface area (Å²) < 4.78 is 1.62. The highest BCUT2D eigenvalue weighted by molar-refractivity contribution is 8.93. The van der Waals surface area contributed by atoms with Crippen molar-refractivity contribution in [3.05, 3.63) is 59.3 Å². The Kier molecular flexibility index (Phi) is 10.9. The van der Waals surface area contributed by atoms with Crippen molar-refractivity contribution in [1.29, 1.82) is 0 Å². The second-order valence-electron chi connectivity index (χ2n) is 7.13. The number of H-pyrrole nitrogens is 1. The Morgan fingerprint density at radius 1 is 1.15 bits per heavy atom. The number of nitrogens with zero attached hydrogens (tertiary/aromatic N) is 1. The van der Waals surface area contributed by atoms with E-state index >= 15 is 0 Å². The first kappa shape index (κ1) is 28.4. The molecule has 10 N–H and O–H groups in total. The lowest BCUT2D eigenvalue weighted by molar-refractivity contribution is -0.113. The molecular weight excluding hydrogens is 508 g/mol. The number of carbonyl (C=O) groups is 4. The summed E-state index contributed by atoms with van der Waals surface area (Å²) in [6, 6.07) is 3.08. The minimum atomic E-state index is -0.426. The van der Waals surface area contributed by atoms with E-state index < -0.39 is 5.91 Å². The molecule has 184 valence electrons. The molecule has 0 aliphatic heterocycles. The van der Waals surface area contributed by atoms with E-state index in [-0.39, 0.29) is 40.6 Å². The van der Waals surface area contributed by atoms with Crippen molar-refractivity contribution in [2.45, 2.75) is 12.8 Å². The summed E-state index contributed by atoms with van der Waals surface area (Å²) in [7, 11) is 1.71. The maximum absolute atomic E-state index is 12.5. The van der Waals surface area contributed by atoms with Crippen molar-refractivity contribution in [1.82, 2.24) is 26.3 Å². The standard InChI is InChI=1S/C21H25N7O4.BrH.H3N/c1-28-11-16(9-18(28)21(32)23-6-2-5-22)27-20(31)17-8-15(10-24-17)26-19(30)13-3-4-14(7-13)25-12-29;;/h4,7-12,24H,2-3,5-6,22H2,1H3,(H,23,32)(H,25,29)(H,26,30)(H,27,31);1H;1H3. The second-order valence-corrected chi connectivity index (χ2v) is 7.13. The molecule has 13 heteroatoms. The van der Waals surface area contributed by atoms with Crippen LogP contribution in [0.5, 0.6) is 0 Å². The molecule has 2 aromatic heterocycles. The maximum atomic E-state index is 12.5. The van der Waals surface area contributed by atoms with Gasteiger partial charge in [-0.05, 0) is 37.6 Å². The third kappa shape index (κ3) is 7.16. The molecule has 4 amide bonds. The van der Waals surface area contributed by atoms with E-state index in [2.05, 4.69) is 26.3 Å². The summed E-state index contributed by atoms with van der Waals surface area (Å²) in [6.45, 7) is 0.960. The maximum Gasteiger partial charge on any atom is 0.272 e. The molecule has 0 spiro atoms. The van der Waals surface area contributed by atoms with Gasteiger partial charge in [0, 0.05) is 37.3 Å².